The third-order valence-electron chi connectivity index (χ3n) is 3.04. The highest BCUT2D eigenvalue weighted by atomic mass is 32.1. The Bertz CT molecular complexity index is 735. The maximum absolute atomic E-state index is 13.9. The number of thiazole rings is 1. The van der Waals surface area contributed by atoms with E-state index >= 15 is 0 Å². The van der Waals surface area contributed by atoms with Crippen molar-refractivity contribution in [3.05, 3.63) is 58.6 Å². The van der Waals surface area contributed by atoms with Gasteiger partial charge < -0.3 is 5.32 Å². The number of hydrogen-bond acceptors (Lipinski definition) is 3. The Morgan fingerprint density at radius 1 is 1.15 bits per heavy atom. The van der Waals surface area contributed by atoms with Crippen LogP contribution in [0.5, 0.6) is 0 Å². The molecule has 3 rings (SSSR count). The third kappa shape index (κ3) is 2.36. The van der Waals surface area contributed by atoms with E-state index in [1.807, 2.05) is 24.3 Å². The van der Waals surface area contributed by atoms with Crippen LogP contribution in [0.4, 0.5) is 14.5 Å². The minimum Gasteiger partial charge on any atom is -0.374 e. The van der Waals surface area contributed by atoms with Crippen molar-refractivity contribution in [2.45, 2.75) is 13.5 Å². The van der Waals surface area contributed by atoms with Gasteiger partial charge in [0.15, 0.2) is 5.82 Å². The van der Waals surface area contributed by atoms with Crippen molar-refractivity contribution in [1.82, 2.24) is 4.98 Å². The molecule has 1 heterocycles. The monoisotopic (exact) mass is 290 g/mol. The fourth-order valence-electron chi connectivity index (χ4n) is 1.98. The lowest BCUT2D eigenvalue weighted by atomic mass is 10.2. The molecule has 0 atom stereocenters. The highest BCUT2D eigenvalue weighted by Gasteiger charge is 2.12. The van der Waals surface area contributed by atoms with Gasteiger partial charge in [-0.05, 0) is 30.7 Å². The number of para-hydroxylation sites is 1. The molecular weight excluding hydrogens is 278 g/mol. The van der Waals surface area contributed by atoms with Crippen LogP contribution in [0, 0.1) is 18.6 Å². The Morgan fingerprint density at radius 3 is 2.75 bits per heavy atom. The van der Waals surface area contributed by atoms with E-state index in [2.05, 4.69) is 10.3 Å². The first kappa shape index (κ1) is 13.0. The molecule has 2 nitrogen and oxygen atoms in total. The quantitative estimate of drug-likeness (QED) is 0.768. The Kier molecular flexibility index (Phi) is 3.36. The van der Waals surface area contributed by atoms with Crippen LogP contribution in [0.15, 0.2) is 36.4 Å². The van der Waals surface area contributed by atoms with Gasteiger partial charge in [0, 0.05) is 0 Å². The zero-order chi connectivity index (χ0) is 14.1. The van der Waals surface area contributed by atoms with E-state index in [4.69, 9.17) is 0 Å². The first-order chi connectivity index (χ1) is 9.65. The summed E-state index contributed by atoms with van der Waals surface area (Å²) in [6.07, 6.45) is 0. The average molecular weight is 290 g/mol. The lowest BCUT2D eigenvalue weighted by Gasteiger charge is -2.08. The molecule has 20 heavy (non-hydrogen) atoms. The lowest BCUT2D eigenvalue weighted by molar-refractivity contribution is 0.582. The second kappa shape index (κ2) is 5.17. The van der Waals surface area contributed by atoms with Gasteiger partial charge in [-0.25, -0.2) is 13.8 Å². The number of fused-ring (bicyclic) bond motifs is 1. The van der Waals surface area contributed by atoms with E-state index in [9.17, 15) is 8.78 Å². The van der Waals surface area contributed by atoms with E-state index < -0.39 is 11.6 Å². The van der Waals surface area contributed by atoms with Crippen LogP contribution in [0.25, 0.3) is 10.2 Å². The highest BCUT2D eigenvalue weighted by Crippen LogP contribution is 2.25. The van der Waals surface area contributed by atoms with Crippen LogP contribution in [0.2, 0.25) is 0 Å². The van der Waals surface area contributed by atoms with E-state index in [0.29, 0.717) is 12.1 Å². The zero-order valence-corrected chi connectivity index (χ0v) is 11.6. The van der Waals surface area contributed by atoms with Crippen LogP contribution in [0.3, 0.4) is 0 Å². The smallest absolute Gasteiger partial charge is 0.152 e. The number of halogens is 2. The SMILES string of the molecule is Cc1ccc(F)c(NCc2nc3ccccc3s2)c1F. The van der Waals surface area contributed by atoms with Crippen molar-refractivity contribution >= 4 is 27.2 Å². The second-order valence-corrected chi connectivity index (χ2v) is 5.60. The van der Waals surface area contributed by atoms with Gasteiger partial charge in [0.2, 0.25) is 0 Å². The molecule has 0 aliphatic rings. The van der Waals surface area contributed by atoms with Crippen LogP contribution in [-0.2, 0) is 6.54 Å². The lowest BCUT2D eigenvalue weighted by Crippen LogP contribution is -2.04. The van der Waals surface area contributed by atoms with Crippen LogP contribution >= 0.6 is 11.3 Å². The zero-order valence-electron chi connectivity index (χ0n) is 10.8. The van der Waals surface area contributed by atoms with Gasteiger partial charge in [0.1, 0.15) is 16.5 Å². The molecule has 102 valence electrons. The molecule has 0 aliphatic carbocycles. The summed E-state index contributed by atoms with van der Waals surface area (Å²) in [7, 11) is 0. The van der Waals surface area contributed by atoms with Gasteiger partial charge in [-0.15, -0.1) is 11.3 Å². The van der Waals surface area contributed by atoms with Gasteiger partial charge in [0.25, 0.3) is 0 Å². The fourth-order valence-corrected chi connectivity index (χ4v) is 2.89. The molecule has 2 aromatic carbocycles. The summed E-state index contributed by atoms with van der Waals surface area (Å²) in [6.45, 7) is 1.91. The summed E-state index contributed by atoms with van der Waals surface area (Å²) >= 11 is 1.51. The minimum atomic E-state index is -0.589. The average Bonchev–Trinajstić information content (AvgIpc) is 2.86. The van der Waals surface area contributed by atoms with E-state index in [1.54, 1.807) is 6.92 Å². The number of nitrogens with zero attached hydrogens (tertiary/aromatic N) is 1. The van der Waals surface area contributed by atoms with Crippen molar-refractivity contribution < 1.29 is 8.78 Å². The van der Waals surface area contributed by atoms with Crippen LogP contribution in [0.1, 0.15) is 10.6 Å². The normalized spacial score (nSPS) is 10.9. The summed E-state index contributed by atoms with van der Waals surface area (Å²) in [4.78, 5) is 4.42. The topological polar surface area (TPSA) is 24.9 Å². The van der Waals surface area contributed by atoms with Gasteiger partial charge >= 0.3 is 0 Å². The highest BCUT2D eigenvalue weighted by molar-refractivity contribution is 7.18. The Hall–Kier alpha value is -2.01. The van der Waals surface area contributed by atoms with Crippen molar-refractivity contribution in [1.29, 1.82) is 0 Å². The molecule has 5 heteroatoms. The summed E-state index contributed by atoms with van der Waals surface area (Å²) in [5.74, 6) is -1.14. The molecule has 0 saturated heterocycles. The van der Waals surface area contributed by atoms with Crippen molar-refractivity contribution in [2.75, 3.05) is 5.32 Å². The summed E-state index contributed by atoms with van der Waals surface area (Å²) in [5, 5.41) is 3.59. The Morgan fingerprint density at radius 2 is 1.95 bits per heavy atom. The number of rotatable bonds is 3. The van der Waals surface area contributed by atoms with E-state index in [0.717, 1.165) is 15.2 Å². The Balaban J connectivity index is 1.84. The number of nitrogens with one attached hydrogen (secondary N) is 1. The molecule has 1 aromatic heterocycles. The van der Waals surface area contributed by atoms with E-state index in [1.165, 1.54) is 23.5 Å². The summed E-state index contributed by atoms with van der Waals surface area (Å²) in [6, 6.07) is 10.4. The number of benzene rings is 2. The van der Waals surface area contributed by atoms with Gasteiger partial charge in [0.05, 0.1) is 16.8 Å². The van der Waals surface area contributed by atoms with Gasteiger partial charge in [-0.1, -0.05) is 18.2 Å². The third-order valence-corrected chi connectivity index (χ3v) is 4.08. The molecule has 0 aliphatic heterocycles. The number of aromatic nitrogens is 1. The summed E-state index contributed by atoms with van der Waals surface area (Å²) < 4.78 is 28.5. The molecule has 3 aromatic rings. The maximum Gasteiger partial charge on any atom is 0.152 e. The first-order valence-corrected chi connectivity index (χ1v) is 7.00. The second-order valence-electron chi connectivity index (χ2n) is 4.48. The molecular formula is C15H12F2N2S. The predicted molar refractivity (Wildman–Crippen MR) is 78.0 cm³/mol. The summed E-state index contributed by atoms with van der Waals surface area (Å²) in [5.41, 5.74) is 1.22. The fraction of sp³-hybridized carbons (Fsp3) is 0.133. The van der Waals surface area contributed by atoms with Crippen LogP contribution in [-0.4, -0.2) is 4.98 Å². The van der Waals surface area contributed by atoms with E-state index in [-0.39, 0.29) is 5.69 Å². The largest absolute Gasteiger partial charge is 0.374 e. The standard InChI is InChI=1S/C15H12F2N2S/c1-9-6-7-10(16)15(14(9)17)18-8-13-19-11-4-2-3-5-12(11)20-13/h2-7,18H,8H2,1H3. The molecule has 1 N–H and O–H groups in total. The van der Waals surface area contributed by atoms with Crippen molar-refractivity contribution in [3.8, 4) is 0 Å². The number of anilines is 1. The van der Waals surface area contributed by atoms with Crippen LogP contribution < -0.4 is 5.32 Å². The molecule has 0 unspecified atom stereocenters. The number of hydrogen-bond donors (Lipinski definition) is 1. The molecule has 0 saturated carbocycles. The number of aryl methyl sites for hydroxylation is 1. The first-order valence-electron chi connectivity index (χ1n) is 6.18. The molecule has 0 bridgehead atoms. The molecule has 0 amide bonds. The van der Waals surface area contributed by atoms with Gasteiger partial charge in [-0.3, -0.25) is 0 Å². The van der Waals surface area contributed by atoms with Crippen molar-refractivity contribution in [2.24, 2.45) is 0 Å². The molecule has 0 fully saturated rings. The maximum atomic E-state index is 13.9. The van der Waals surface area contributed by atoms with Gasteiger partial charge in [-0.2, -0.15) is 0 Å². The predicted octanol–water partition coefficient (Wildman–Crippen LogP) is 4.50. The molecule has 0 radical (unpaired) electrons. The molecule has 0 spiro atoms. The van der Waals surface area contributed by atoms with Crippen molar-refractivity contribution in [3.63, 3.8) is 0 Å². The Labute approximate surface area is 119 Å². The minimum absolute atomic E-state index is 0.0933.